The maximum Gasteiger partial charge on any atom is 0.259 e. The van der Waals surface area contributed by atoms with Crippen LogP contribution in [0.15, 0.2) is 72.8 Å². The number of carbonyl (C=O) groups excluding carboxylic acids is 2. The van der Waals surface area contributed by atoms with Gasteiger partial charge >= 0.3 is 0 Å². The molecule has 4 aromatic rings. The monoisotopic (exact) mass is 486 g/mol. The van der Waals surface area contributed by atoms with Gasteiger partial charge in [-0.2, -0.15) is 0 Å². The summed E-state index contributed by atoms with van der Waals surface area (Å²) in [4.78, 5) is 26.5. The van der Waals surface area contributed by atoms with Crippen LogP contribution in [-0.2, 0) is 0 Å². The molecule has 0 heterocycles. The van der Waals surface area contributed by atoms with Crippen LogP contribution < -0.4 is 29.6 Å². The predicted molar refractivity (Wildman–Crippen MR) is 139 cm³/mol. The number of anilines is 2. The highest BCUT2D eigenvalue weighted by Gasteiger charge is 2.19. The number of nitrogens with one attached hydrogen (secondary N) is 2. The molecule has 36 heavy (non-hydrogen) atoms. The molecule has 0 saturated heterocycles. The van der Waals surface area contributed by atoms with Gasteiger partial charge in [-0.1, -0.05) is 24.3 Å². The normalized spacial score (nSPS) is 10.4. The average molecular weight is 487 g/mol. The summed E-state index contributed by atoms with van der Waals surface area (Å²) in [6, 6.07) is 21.1. The van der Waals surface area contributed by atoms with Crippen LogP contribution in [0.2, 0.25) is 0 Å². The van der Waals surface area contributed by atoms with E-state index in [1.165, 1.54) is 28.4 Å². The fourth-order valence-electron chi connectivity index (χ4n) is 3.80. The van der Waals surface area contributed by atoms with Gasteiger partial charge in [0, 0.05) is 12.1 Å². The van der Waals surface area contributed by atoms with Gasteiger partial charge in [-0.25, -0.2) is 0 Å². The van der Waals surface area contributed by atoms with Crippen molar-refractivity contribution in [2.75, 3.05) is 39.1 Å². The summed E-state index contributed by atoms with van der Waals surface area (Å²) in [6.45, 7) is 0. The van der Waals surface area contributed by atoms with E-state index in [2.05, 4.69) is 10.6 Å². The molecule has 4 rings (SSSR count). The maximum absolute atomic E-state index is 13.2. The minimum absolute atomic E-state index is 0.320. The molecule has 0 aromatic heterocycles. The molecule has 184 valence electrons. The number of rotatable bonds is 8. The van der Waals surface area contributed by atoms with E-state index in [0.29, 0.717) is 45.5 Å². The third-order valence-corrected chi connectivity index (χ3v) is 5.69. The topological polar surface area (TPSA) is 95.1 Å². The van der Waals surface area contributed by atoms with E-state index in [1.54, 1.807) is 36.4 Å². The first-order chi connectivity index (χ1) is 17.5. The largest absolute Gasteiger partial charge is 0.497 e. The quantitative estimate of drug-likeness (QED) is 0.347. The van der Waals surface area contributed by atoms with Crippen molar-refractivity contribution in [1.29, 1.82) is 0 Å². The molecule has 0 aliphatic rings. The molecule has 0 fully saturated rings. The Morgan fingerprint density at radius 1 is 0.556 bits per heavy atom. The number of fused-ring (bicyclic) bond motifs is 1. The second-order valence-electron chi connectivity index (χ2n) is 7.79. The summed E-state index contributed by atoms with van der Waals surface area (Å²) in [5.74, 6) is 1.05. The van der Waals surface area contributed by atoms with Crippen LogP contribution in [0.3, 0.4) is 0 Å². The Bertz CT molecular complexity index is 1330. The van der Waals surface area contributed by atoms with E-state index < -0.39 is 11.8 Å². The van der Waals surface area contributed by atoms with Crippen molar-refractivity contribution in [2.45, 2.75) is 0 Å². The van der Waals surface area contributed by atoms with Crippen molar-refractivity contribution in [2.24, 2.45) is 0 Å². The number of methoxy groups -OCH3 is 4. The molecule has 0 spiro atoms. The molecular formula is C28H26N2O6. The van der Waals surface area contributed by atoms with Gasteiger partial charge in [-0.3, -0.25) is 9.59 Å². The van der Waals surface area contributed by atoms with Crippen molar-refractivity contribution >= 4 is 34.0 Å². The number of benzene rings is 4. The van der Waals surface area contributed by atoms with Crippen LogP contribution >= 0.6 is 0 Å². The minimum Gasteiger partial charge on any atom is -0.497 e. The van der Waals surface area contributed by atoms with Crippen LogP contribution in [0, 0.1) is 0 Å². The fourth-order valence-corrected chi connectivity index (χ4v) is 3.80. The van der Waals surface area contributed by atoms with Crippen molar-refractivity contribution in [3.05, 3.63) is 83.9 Å². The molecule has 8 nitrogen and oxygen atoms in total. The summed E-state index contributed by atoms with van der Waals surface area (Å²) < 4.78 is 21.2. The molecule has 0 aliphatic carbocycles. The second-order valence-corrected chi connectivity index (χ2v) is 7.79. The molecule has 2 N–H and O–H groups in total. The van der Waals surface area contributed by atoms with Gasteiger partial charge in [-0.05, 0) is 47.2 Å². The predicted octanol–water partition coefficient (Wildman–Crippen LogP) is 5.38. The zero-order valence-corrected chi connectivity index (χ0v) is 20.4. The summed E-state index contributed by atoms with van der Waals surface area (Å²) in [5, 5.41) is 7.61. The molecule has 0 unspecified atom stereocenters. The highest BCUT2D eigenvalue weighted by molar-refractivity contribution is 6.13. The third-order valence-electron chi connectivity index (χ3n) is 5.69. The lowest BCUT2D eigenvalue weighted by Gasteiger charge is -2.16. The Kier molecular flexibility index (Phi) is 7.25. The van der Waals surface area contributed by atoms with Gasteiger partial charge in [0.25, 0.3) is 11.8 Å². The first-order valence-corrected chi connectivity index (χ1v) is 11.1. The lowest BCUT2D eigenvalue weighted by atomic mass is 10.1. The number of amides is 2. The van der Waals surface area contributed by atoms with E-state index in [-0.39, 0.29) is 0 Å². The van der Waals surface area contributed by atoms with Gasteiger partial charge in [0.2, 0.25) is 0 Å². The number of ether oxygens (including phenoxy) is 4. The molecule has 0 radical (unpaired) electrons. The molecule has 0 aliphatic heterocycles. The molecule has 4 aromatic carbocycles. The number of hydrogen-bond donors (Lipinski definition) is 2. The van der Waals surface area contributed by atoms with E-state index in [0.717, 1.165) is 10.8 Å². The van der Waals surface area contributed by atoms with Crippen molar-refractivity contribution in [3.8, 4) is 23.0 Å². The lowest BCUT2D eigenvalue weighted by molar-refractivity contribution is 0.101. The Morgan fingerprint density at radius 2 is 0.972 bits per heavy atom. The van der Waals surface area contributed by atoms with Crippen LogP contribution in [0.25, 0.3) is 10.8 Å². The second kappa shape index (κ2) is 10.7. The smallest absolute Gasteiger partial charge is 0.259 e. The van der Waals surface area contributed by atoms with E-state index in [1.807, 2.05) is 36.4 Å². The van der Waals surface area contributed by atoms with Crippen LogP contribution in [0.5, 0.6) is 23.0 Å². The van der Waals surface area contributed by atoms with E-state index in [9.17, 15) is 9.59 Å². The first-order valence-electron chi connectivity index (χ1n) is 11.1. The number of carbonyl (C=O) groups is 2. The van der Waals surface area contributed by atoms with E-state index in [4.69, 9.17) is 18.9 Å². The van der Waals surface area contributed by atoms with Gasteiger partial charge in [-0.15, -0.1) is 0 Å². The van der Waals surface area contributed by atoms with Crippen LogP contribution in [-0.4, -0.2) is 40.3 Å². The Hall–Kier alpha value is -4.72. The van der Waals surface area contributed by atoms with Crippen LogP contribution in [0.1, 0.15) is 20.7 Å². The fraction of sp³-hybridized carbons (Fsp3) is 0.143. The zero-order valence-electron chi connectivity index (χ0n) is 20.4. The standard InChI is InChI=1S/C28H26N2O6/c1-33-19-9-11-21(25(15-19)35-3)27(31)29-23-13-17-7-5-6-8-18(17)14-24(23)30-28(32)22-12-10-20(34-2)16-26(22)36-4/h5-16H,1-4H3,(H,29,31)(H,30,32). The van der Waals surface area contributed by atoms with Crippen molar-refractivity contribution in [3.63, 3.8) is 0 Å². The molecule has 0 atom stereocenters. The molecular weight excluding hydrogens is 460 g/mol. The summed E-state index contributed by atoms with van der Waals surface area (Å²) in [5.41, 5.74) is 1.50. The number of hydrogen-bond acceptors (Lipinski definition) is 6. The molecule has 0 saturated carbocycles. The Labute approximate surface area is 208 Å². The van der Waals surface area contributed by atoms with Gasteiger partial charge < -0.3 is 29.6 Å². The SMILES string of the molecule is COc1ccc(C(=O)Nc2cc3ccccc3cc2NC(=O)c2ccc(OC)cc2OC)c(OC)c1. The molecule has 8 heteroatoms. The van der Waals surface area contributed by atoms with Crippen LogP contribution in [0.4, 0.5) is 11.4 Å². The summed E-state index contributed by atoms with van der Waals surface area (Å²) in [6.07, 6.45) is 0. The Balaban J connectivity index is 1.71. The highest BCUT2D eigenvalue weighted by Crippen LogP contribution is 2.32. The summed E-state index contributed by atoms with van der Waals surface area (Å²) in [7, 11) is 6.04. The highest BCUT2D eigenvalue weighted by atomic mass is 16.5. The Morgan fingerprint density at radius 3 is 1.33 bits per heavy atom. The zero-order chi connectivity index (χ0) is 25.7. The lowest BCUT2D eigenvalue weighted by Crippen LogP contribution is -2.18. The average Bonchev–Trinajstić information content (AvgIpc) is 2.92. The first kappa shape index (κ1) is 24.4. The van der Waals surface area contributed by atoms with Gasteiger partial charge in [0.15, 0.2) is 0 Å². The van der Waals surface area contributed by atoms with E-state index >= 15 is 0 Å². The molecule has 2 amide bonds. The minimum atomic E-state index is -0.401. The maximum atomic E-state index is 13.2. The summed E-state index contributed by atoms with van der Waals surface area (Å²) >= 11 is 0. The van der Waals surface area contributed by atoms with Crippen molar-refractivity contribution < 1.29 is 28.5 Å². The van der Waals surface area contributed by atoms with Gasteiger partial charge in [0.1, 0.15) is 23.0 Å². The van der Waals surface area contributed by atoms with Gasteiger partial charge in [0.05, 0.1) is 50.9 Å². The third kappa shape index (κ3) is 5.02. The molecule has 0 bridgehead atoms. The van der Waals surface area contributed by atoms with Crippen molar-refractivity contribution in [1.82, 2.24) is 0 Å².